The van der Waals surface area contributed by atoms with Crippen LogP contribution in [0.1, 0.15) is 82.1 Å². The molecule has 1 aromatic rings. The van der Waals surface area contributed by atoms with Crippen LogP contribution in [0, 0.1) is 0 Å². The number of hydrogen-bond acceptors (Lipinski definition) is 2. The standard InChI is InChI=1S/C15H27N3/c1-4-8-11(2)13-14(16)18(3)15(17-13)12-9-6-5-7-10-12/h11-12H,4-10,16H2,1-3H3. The zero-order valence-electron chi connectivity index (χ0n) is 12.1. The Bertz CT molecular complexity index is 389. The lowest BCUT2D eigenvalue weighted by Gasteiger charge is -2.21. The van der Waals surface area contributed by atoms with Gasteiger partial charge in [0.05, 0.1) is 5.69 Å². The summed E-state index contributed by atoms with van der Waals surface area (Å²) in [5, 5.41) is 0. The zero-order valence-corrected chi connectivity index (χ0v) is 12.1. The van der Waals surface area contributed by atoms with Crippen LogP contribution in [0.3, 0.4) is 0 Å². The van der Waals surface area contributed by atoms with Gasteiger partial charge in [0.2, 0.25) is 0 Å². The second kappa shape index (κ2) is 5.77. The van der Waals surface area contributed by atoms with Crippen molar-refractivity contribution in [1.29, 1.82) is 0 Å². The van der Waals surface area contributed by atoms with Crippen molar-refractivity contribution in [3.63, 3.8) is 0 Å². The molecule has 1 aromatic heterocycles. The Morgan fingerprint density at radius 2 is 2.00 bits per heavy atom. The van der Waals surface area contributed by atoms with Gasteiger partial charge >= 0.3 is 0 Å². The molecule has 0 amide bonds. The molecule has 1 aliphatic rings. The molecule has 3 heteroatoms. The van der Waals surface area contributed by atoms with E-state index in [2.05, 4.69) is 25.5 Å². The minimum atomic E-state index is 0.485. The van der Waals surface area contributed by atoms with Crippen LogP contribution in [-0.4, -0.2) is 9.55 Å². The number of nitrogens with zero attached hydrogens (tertiary/aromatic N) is 2. The van der Waals surface area contributed by atoms with E-state index < -0.39 is 0 Å². The number of nitrogen functional groups attached to an aromatic ring is 1. The molecular formula is C15H27N3. The van der Waals surface area contributed by atoms with Crippen molar-refractivity contribution in [1.82, 2.24) is 9.55 Å². The molecule has 1 saturated carbocycles. The molecule has 0 bridgehead atoms. The average Bonchev–Trinajstić information content (AvgIpc) is 2.68. The summed E-state index contributed by atoms with van der Waals surface area (Å²) in [6.45, 7) is 4.46. The van der Waals surface area contributed by atoms with E-state index >= 15 is 0 Å². The highest BCUT2D eigenvalue weighted by atomic mass is 15.1. The van der Waals surface area contributed by atoms with Gasteiger partial charge in [-0.15, -0.1) is 0 Å². The third-order valence-electron chi connectivity index (χ3n) is 4.36. The van der Waals surface area contributed by atoms with Crippen LogP contribution < -0.4 is 5.73 Å². The van der Waals surface area contributed by atoms with Crippen LogP contribution in [0.2, 0.25) is 0 Å². The number of nitrogens with two attached hydrogens (primary N) is 1. The zero-order chi connectivity index (χ0) is 13.1. The van der Waals surface area contributed by atoms with E-state index in [1.807, 2.05) is 0 Å². The first-order chi connectivity index (χ1) is 8.65. The van der Waals surface area contributed by atoms with Gasteiger partial charge < -0.3 is 10.3 Å². The van der Waals surface area contributed by atoms with Gasteiger partial charge in [0.1, 0.15) is 11.6 Å². The Morgan fingerprint density at radius 1 is 1.33 bits per heavy atom. The van der Waals surface area contributed by atoms with E-state index in [1.54, 1.807) is 0 Å². The second-order valence-electron chi connectivity index (χ2n) is 5.82. The van der Waals surface area contributed by atoms with Crippen molar-refractivity contribution in [2.45, 2.75) is 70.6 Å². The molecule has 1 atom stereocenters. The summed E-state index contributed by atoms with van der Waals surface area (Å²) < 4.78 is 2.14. The highest BCUT2D eigenvalue weighted by molar-refractivity contribution is 5.40. The molecule has 2 N–H and O–H groups in total. The normalized spacial score (nSPS) is 19.1. The molecule has 0 saturated heterocycles. The summed E-state index contributed by atoms with van der Waals surface area (Å²) in [4.78, 5) is 4.89. The first-order valence-electron chi connectivity index (χ1n) is 7.47. The number of rotatable bonds is 4. The van der Waals surface area contributed by atoms with Crippen LogP contribution in [0.5, 0.6) is 0 Å². The molecule has 3 nitrogen and oxygen atoms in total. The van der Waals surface area contributed by atoms with Gasteiger partial charge in [-0.3, -0.25) is 0 Å². The third kappa shape index (κ3) is 2.55. The predicted octanol–water partition coefficient (Wildman–Crippen LogP) is 3.95. The Balaban J connectivity index is 2.23. The van der Waals surface area contributed by atoms with Crippen molar-refractivity contribution < 1.29 is 0 Å². The Morgan fingerprint density at radius 3 is 2.61 bits per heavy atom. The van der Waals surface area contributed by atoms with Gasteiger partial charge in [-0.25, -0.2) is 4.98 Å². The molecular weight excluding hydrogens is 222 g/mol. The lowest BCUT2D eigenvalue weighted by atomic mass is 9.89. The summed E-state index contributed by atoms with van der Waals surface area (Å²) in [5.41, 5.74) is 7.37. The summed E-state index contributed by atoms with van der Waals surface area (Å²) in [7, 11) is 2.08. The molecule has 1 fully saturated rings. The number of imidazole rings is 1. The molecule has 0 radical (unpaired) electrons. The van der Waals surface area contributed by atoms with Crippen molar-refractivity contribution in [3.05, 3.63) is 11.5 Å². The van der Waals surface area contributed by atoms with Gasteiger partial charge in [0.25, 0.3) is 0 Å². The molecule has 2 rings (SSSR count). The fraction of sp³-hybridized carbons (Fsp3) is 0.800. The quantitative estimate of drug-likeness (QED) is 0.878. The first kappa shape index (κ1) is 13.4. The van der Waals surface area contributed by atoms with Crippen LogP contribution >= 0.6 is 0 Å². The lowest BCUT2D eigenvalue weighted by molar-refractivity contribution is 0.421. The minimum Gasteiger partial charge on any atom is -0.384 e. The monoisotopic (exact) mass is 249 g/mol. The van der Waals surface area contributed by atoms with Gasteiger partial charge in [-0.05, 0) is 19.3 Å². The summed E-state index contributed by atoms with van der Waals surface area (Å²) in [6, 6.07) is 0. The van der Waals surface area contributed by atoms with Crippen molar-refractivity contribution in [3.8, 4) is 0 Å². The van der Waals surface area contributed by atoms with Crippen LogP contribution in [-0.2, 0) is 7.05 Å². The molecule has 1 aliphatic carbocycles. The SMILES string of the molecule is CCCC(C)c1nc(C2CCCCC2)n(C)c1N. The van der Waals surface area contributed by atoms with Gasteiger partial charge in [0.15, 0.2) is 0 Å². The molecule has 1 heterocycles. The van der Waals surface area contributed by atoms with E-state index in [0.29, 0.717) is 11.8 Å². The molecule has 18 heavy (non-hydrogen) atoms. The summed E-state index contributed by atoms with van der Waals surface area (Å²) in [5.74, 6) is 3.23. The average molecular weight is 249 g/mol. The summed E-state index contributed by atoms with van der Waals surface area (Å²) >= 11 is 0. The fourth-order valence-corrected chi connectivity index (χ4v) is 3.21. The van der Waals surface area contributed by atoms with Crippen LogP contribution in [0.4, 0.5) is 5.82 Å². The van der Waals surface area contributed by atoms with Crippen LogP contribution in [0.25, 0.3) is 0 Å². The minimum absolute atomic E-state index is 0.485. The first-order valence-corrected chi connectivity index (χ1v) is 7.47. The Kier molecular flexibility index (Phi) is 4.31. The third-order valence-corrected chi connectivity index (χ3v) is 4.36. The van der Waals surface area contributed by atoms with E-state index in [-0.39, 0.29) is 0 Å². The fourth-order valence-electron chi connectivity index (χ4n) is 3.21. The smallest absolute Gasteiger partial charge is 0.126 e. The Labute approximate surface area is 111 Å². The summed E-state index contributed by atoms with van der Waals surface area (Å²) in [6.07, 6.45) is 9.00. The molecule has 102 valence electrons. The largest absolute Gasteiger partial charge is 0.384 e. The second-order valence-corrected chi connectivity index (χ2v) is 5.82. The van der Waals surface area contributed by atoms with Crippen molar-refractivity contribution >= 4 is 5.82 Å². The topological polar surface area (TPSA) is 43.8 Å². The van der Waals surface area contributed by atoms with Crippen LogP contribution in [0.15, 0.2) is 0 Å². The maximum absolute atomic E-state index is 6.24. The van der Waals surface area contributed by atoms with Crippen molar-refractivity contribution in [2.24, 2.45) is 7.05 Å². The molecule has 0 aromatic carbocycles. The van der Waals surface area contributed by atoms with Gasteiger partial charge in [0, 0.05) is 18.9 Å². The number of hydrogen-bond donors (Lipinski definition) is 1. The lowest BCUT2D eigenvalue weighted by Crippen LogP contribution is -2.11. The maximum atomic E-state index is 6.24. The number of aromatic nitrogens is 2. The van der Waals surface area contributed by atoms with E-state index in [0.717, 1.165) is 11.5 Å². The maximum Gasteiger partial charge on any atom is 0.126 e. The predicted molar refractivity (Wildman–Crippen MR) is 76.8 cm³/mol. The highest BCUT2D eigenvalue weighted by Gasteiger charge is 2.24. The Hall–Kier alpha value is -0.990. The number of anilines is 1. The van der Waals surface area contributed by atoms with Crippen molar-refractivity contribution in [2.75, 3.05) is 5.73 Å². The van der Waals surface area contributed by atoms with E-state index in [9.17, 15) is 0 Å². The highest BCUT2D eigenvalue weighted by Crippen LogP contribution is 2.35. The van der Waals surface area contributed by atoms with Gasteiger partial charge in [-0.2, -0.15) is 0 Å². The molecule has 0 spiro atoms. The molecule has 0 aliphatic heterocycles. The van der Waals surface area contributed by atoms with Gasteiger partial charge in [-0.1, -0.05) is 39.5 Å². The molecule has 1 unspecified atom stereocenters. The van der Waals surface area contributed by atoms with E-state index in [1.165, 1.54) is 50.8 Å². The van der Waals surface area contributed by atoms with E-state index in [4.69, 9.17) is 10.7 Å².